The molecule has 0 aromatic heterocycles. The van der Waals surface area contributed by atoms with E-state index in [1.54, 1.807) is 0 Å². The van der Waals surface area contributed by atoms with Crippen molar-refractivity contribution in [2.24, 2.45) is 0 Å². The molecule has 0 bridgehead atoms. The van der Waals surface area contributed by atoms with Gasteiger partial charge in [-0.1, -0.05) is 155 Å². The third kappa shape index (κ3) is 44.2. The van der Waals surface area contributed by atoms with Crippen LogP contribution in [0.3, 0.4) is 0 Å². The van der Waals surface area contributed by atoms with Gasteiger partial charge in [0.2, 0.25) is 0 Å². The maximum absolute atomic E-state index is 12.7. The third-order valence-electron chi connectivity index (χ3n) is 8.59. The number of hydrogen-bond donors (Lipinski definition) is 2. The summed E-state index contributed by atoms with van der Waals surface area (Å²) in [7, 11) is 1.35. The lowest BCUT2D eigenvalue weighted by Gasteiger charge is -2.24. The Hall–Kier alpha value is -3.63. The molecule has 0 aromatic carbocycles. The molecule has 0 aliphatic heterocycles. The maximum Gasteiger partial charge on any atom is 0.472 e. The van der Waals surface area contributed by atoms with Crippen LogP contribution in [0.2, 0.25) is 0 Å². The van der Waals surface area contributed by atoms with Crippen molar-refractivity contribution in [1.29, 1.82) is 0 Å². The summed E-state index contributed by atoms with van der Waals surface area (Å²) in [5, 5.41) is 9.91. The summed E-state index contributed by atoms with van der Waals surface area (Å²) in [4.78, 5) is 35.3. The van der Waals surface area contributed by atoms with E-state index in [0.29, 0.717) is 30.3 Å². The summed E-state index contributed by atoms with van der Waals surface area (Å²) >= 11 is 0. The van der Waals surface area contributed by atoms with Crippen LogP contribution in [0.5, 0.6) is 0 Å². The largest absolute Gasteiger partial charge is 0.472 e. The van der Waals surface area contributed by atoms with E-state index in [0.717, 1.165) is 77.0 Å². The molecular formula is C50H81NO9P+. The van der Waals surface area contributed by atoms with Gasteiger partial charge < -0.3 is 24.0 Å². The number of aliphatic hydroxyl groups excluding tert-OH is 1. The number of rotatable bonds is 38. The molecule has 3 atom stereocenters. The molecule has 0 saturated carbocycles. The topological polar surface area (TPSA) is 129 Å². The van der Waals surface area contributed by atoms with E-state index in [1.807, 2.05) is 69.8 Å². The van der Waals surface area contributed by atoms with Gasteiger partial charge in [-0.3, -0.25) is 18.6 Å². The van der Waals surface area contributed by atoms with Gasteiger partial charge in [0.05, 0.1) is 33.9 Å². The fraction of sp³-hybridized carbons (Fsp3) is 0.560. The van der Waals surface area contributed by atoms with Crippen molar-refractivity contribution in [2.75, 3.05) is 47.5 Å². The molecule has 0 spiro atoms. The van der Waals surface area contributed by atoms with Crippen molar-refractivity contribution in [3.8, 4) is 0 Å². The number of esters is 2. The summed E-state index contributed by atoms with van der Waals surface area (Å²) in [6, 6.07) is 0. The zero-order valence-corrected chi connectivity index (χ0v) is 39.1. The average Bonchev–Trinajstić information content (AvgIpc) is 3.21. The Kier molecular flexibility index (Phi) is 38.0. The summed E-state index contributed by atoms with van der Waals surface area (Å²) in [6.45, 7) is 3.98. The van der Waals surface area contributed by atoms with Crippen LogP contribution in [-0.2, 0) is 32.7 Å². The Morgan fingerprint density at radius 1 is 0.607 bits per heavy atom. The summed E-state index contributed by atoms with van der Waals surface area (Å²) in [5.74, 6) is -1.00. The van der Waals surface area contributed by atoms with Gasteiger partial charge in [0.1, 0.15) is 19.8 Å². The zero-order chi connectivity index (χ0) is 45.1. The molecule has 11 heteroatoms. The second-order valence-electron chi connectivity index (χ2n) is 15.5. The maximum atomic E-state index is 12.7. The van der Waals surface area contributed by atoms with Crippen LogP contribution < -0.4 is 0 Å². The Balaban J connectivity index is 4.64. The lowest BCUT2D eigenvalue weighted by molar-refractivity contribution is -0.870. The number of carbonyl (C=O) groups is 2. The predicted octanol–water partition coefficient (Wildman–Crippen LogP) is 11.9. The van der Waals surface area contributed by atoms with E-state index in [-0.39, 0.29) is 32.2 Å². The van der Waals surface area contributed by atoms with E-state index in [2.05, 4.69) is 86.8 Å². The number of carbonyl (C=O) groups excluding carboxylic acids is 2. The van der Waals surface area contributed by atoms with Gasteiger partial charge in [0, 0.05) is 12.8 Å². The SMILES string of the molecule is CC/C=C\C/C=C\C/C=C\C/C=C\C/C=C\C/C=C\CCC(=O)OC[C@H](COP(=O)(O)OCC[N+](C)(C)C)OC(=O)CCC/C=C\C/C=C\C/C=C\C=C\[C@@H](O)CCCCC. The van der Waals surface area contributed by atoms with Crippen molar-refractivity contribution < 1.29 is 47.2 Å². The molecule has 0 aliphatic carbocycles. The Morgan fingerprint density at radius 2 is 1.13 bits per heavy atom. The van der Waals surface area contributed by atoms with Crippen LogP contribution in [0, 0.1) is 0 Å². The van der Waals surface area contributed by atoms with Crippen molar-refractivity contribution in [3.05, 3.63) is 122 Å². The predicted molar refractivity (Wildman–Crippen MR) is 253 cm³/mol. The molecule has 0 amide bonds. The molecule has 0 heterocycles. The van der Waals surface area contributed by atoms with Gasteiger partial charge in [-0.15, -0.1) is 0 Å². The third-order valence-corrected chi connectivity index (χ3v) is 9.58. The molecule has 0 fully saturated rings. The van der Waals surface area contributed by atoms with Gasteiger partial charge >= 0.3 is 19.8 Å². The number of unbranched alkanes of at least 4 members (excludes halogenated alkanes) is 3. The van der Waals surface area contributed by atoms with E-state index in [9.17, 15) is 24.2 Å². The molecule has 2 N–H and O–H groups in total. The minimum absolute atomic E-state index is 0.00560. The second kappa shape index (κ2) is 40.4. The van der Waals surface area contributed by atoms with Crippen molar-refractivity contribution in [1.82, 2.24) is 0 Å². The van der Waals surface area contributed by atoms with Crippen molar-refractivity contribution >= 4 is 19.8 Å². The van der Waals surface area contributed by atoms with E-state index >= 15 is 0 Å². The molecule has 10 nitrogen and oxygen atoms in total. The number of phosphoric ester groups is 1. The number of ether oxygens (including phenoxy) is 2. The minimum Gasteiger partial charge on any atom is -0.462 e. The van der Waals surface area contributed by atoms with Gasteiger partial charge in [-0.2, -0.15) is 0 Å². The van der Waals surface area contributed by atoms with Gasteiger partial charge in [0.15, 0.2) is 6.10 Å². The second-order valence-corrected chi connectivity index (χ2v) is 17.0. The summed E-state index contributed by atoms with van der Waals surface area (Å²) in [5.41, 5.74) is 0. The first kappa shape index (κ1) is 57.4. The average molecular weight is 871 g/mol. The highest BCUT2D eigenvalue weighted by Gasteiger charge is 2.27. The van der Waals surface area contributed by atoms with Crippen molar-refractivity contribution in [2.45, 2.75) is 135 Å². The highest BCUT2D eigenvalue weighted by atomic mass is 31.2. The zero-order valence-electron chi connectivity index (χ0n) is 38.2. The van der Waals surface area contributed by atoms with Crippen LogP contribution >= 0.6 is 7.82 Å². The fourth-order valence-electron chi connectivity index (χ4n) is 5.08. The lowest BCUT2D eigenvalue weighted by Crippen LogP contribution is -2.37. The number of quaternary nitrogens is 1. The molecule has 61 heavy (non-hydrogen) atoms. The highest BCUT2D eigenvalue weighted by molar-refractivity contribution is 7.47. The number of allylic oxidation sites excluding steroid dienone is 19. The standard InChI is InChI=1S/C50H80NO9P/c1-6-8-10-11-12-13-14-15-16-17-18-19-20-21-24-27-30-33-37-41-49(53)57-45-48(46-59-61(55,56)58-44-43-51(3,4)5)60-50(54)42-38-34-31-28-25-22-23-26-29-32-36-40-47(52)39-35-9-7-2/h8,10,12-13,15-16,18-19,21-24,28-33,36,40,47-48,52H,6-7,9,11,14,17,20,25-27,34-35,37-39,41-46H2,1-5H3/p+1/b10-8-,13-12-,16-15-,19-18-,23-22-,24-21-,31-28-,32-29-,33-30-,40-36+/t47-,48+/m0/s1. The first-order chi connectivity index (χ1) is 29.4. The normalized spacial score (nSPS) is 15.2. The number of aliphatic hydroxyl groups is 1. The van der Waals surface area contributed by atoms with Crippen LogP contribution in [0.25, 0.3) is 0 Å². The van der Waals surface area contributed by atoms with Gasteiger partial charge in [-0.05, 0) is 77.0 Å². The van der Waals surface area contributed by atoms with Crippen LogP contribution in [0.1, 0.15) is 123 Å². The Labute approximate surface area is 370 Å². The molecule has 0 aliphatic rings. The Bertz CT molecular complexity index is 1460. The first-order valence-electron chi connectivity index (χ1n) is 22.4. The number of hydrogen-bond acceptors (Lipinski definition) is 8. The summed E-state index contributed by atoms with van der Waals surface area (Å²) in [6.07, 6.45) is 53.1. The van der Waals surface area contributed by atoms with Crippen LogP contribution in [-0.4, -0.2) is 86.1 Å². The van der Waals surface area contributed by atoms with Crippen LogP contribution in [0.15, 0.2) is 122 Å². The Morgan fingerprint density at radius 3 is 1.67 bits per heavy atom. The van der Waals surface area contributed by atoms with Gasteiger partial charge in [0.25, 0.3) is 0 Å². The number of nitrogens with zero attached hydrogens (tertiary/aromatic N) is 1. The molecule has 0 aromatic rings. The highest BCUT2D eigenvalue weighted by Crippen LogP contribution is 2.43. The van der Waals surface area contributed by atoms with E-state index < -0.39 is 32.5 Å². The molecule has 344 valence electrons. The molecule has 0 radical (unpaired) electrons. The quantitative estimate of drug-likeness (QED) is 0.0156. The van der Waals surface area contributed by atoms with Gasteiger partial charge in [-0.25, -0.2) is 4.57 Å². The molecular weight excluding hydrogens is 790 g/mol. The van der Waals surface area contributed by atoms with Crippen molar-refractivity contribution in [3.63, 3.8) is 0 Å². The van der Waals surface area contributed by atoms with E-state index in [4.69, 9.17) is 18.5 Å². The first-order valence-corrected chi connectivity index (χ1v) is 23.9. The summed E-state index contributed by atoms with van der Waals surface area (Å²) < 4.78 is 34.1. The van der Waals surface area contributed by atoms with E-state index in [1.165, 1.54) is 0 Å². The fourth-order valence-corrected chi connectivity index (χ4v) is 5.82. The molecule has 1 unspecified atom stereocenters. The monoisotopic (exact) mass is 871 g/mol. The number of likely N-dealkylation sites (N-methyl/N-ethyl adjacent to an activating group) is 1. The smallest absolute Gasteiger partial charge is 0.462 e. The van der Waals surface area contributed by atoms with Crippen LogP contribution in [0.4, 0.5) is 0 Å². The number of phosphoric acid groups is 1. The molecule has 0 rings (SSSR count). The lowest BCUT2D eigenvalue weighted by atomic mass is 10.1. The minimum atomic E-state index is -4.43. The molecule has 0 saturated heterocycles.